The van der Waals surface area contributed by atoms with Gasteiger partial charge in [-0.1, -0.05) is 54.4 Å². The fourth-order valence-electron chi connectivity index (χ4n) is 5.42. The summed E-state index contributed by atoms with van der Waals surface area (Å²) in [5.41, 5.74) is 3.98. The van der Waals surface area contributed by atoms with Crippen LogP contribution in [-0.4, -0.2) is 91.3 Å². The number of ketones is 1. The van der Waals surface area contributed by atoms with Gasteiger partial charge in [0.2, 0.25) is 10.0 Å². The highest BCUT2D eigenvalue weighted by Gasteiger charge is 2.28. The zero-order valence-corrected chi connectivity index (χ0v) is 29.6. The molecule has 2 N–H and O–H groups in total. The minimum Gasteiger partial charge on any atom is -0.378 e. The van der Waals surface area contributed by atoms with Crippen LogP contribution < -0.4 is 10.0 Å². The quantitative estimate of drug-likeness (QED) is 0.126. The summed E-state index contributed by atoms with van der Waals surface area (Å²) in [5, 5.41) is 3.94. The van der Waals surface area contributed by atoms with Gasteiger partial charge in [-0.05, 0) is 66.6 Å². The number of hydrogen-bond acceptors (Lipinski definition) is 8. The van der Waals surface area contributed by atoms with Crippen molar-refractivity contribution in [2.75, 3.05) is 66.3 Å². The van der Waals surface area contributed by atoms with E-state index in [0.29, 0.717) is 80.3 Å². The van der Waals surface area contributed by atoms with E-state index >= 15 is 0 Å². The average Bonchev–Trinajstić information content (AvgIpc) is 3.07. The summed E-state index contributed by atoms with van der Waals surface area (Å²) in [6.45, 7) is 5.67. The van der Waals surface area contributed by atoms with Crippen LogP contribution in [-0.2, 0) is 30.8 Å². The van der Waals surface area contributed by atoms with E-state index in [-0.39, 0.29) is 35.7 Å². The summed E-state index contributed by atoms with van der Waals surface area (Å²) in [5.74, 6) is -0.230. The number of sulfonamides is 1. The molecule has 1 amide bonds. The second-order valence-electron chi connectivity index (χ2n) is 11.5. The van der Waals surface area contributed by atoms with Crippen molar-refractivity contribution >= 4 is 44.9 Å². The van der Waals surface area contributed by atoms with Gasteiger partial charge < -0.3 is 24.4 Å². The predicted octanol–water partition coefficient (Wildman–Crippen LogP) is 5.31. The maximum absolute atomic E-state index is 13.0. The van der Waals surface area contributed by atoms with E-state index in [4.69, 9.17) is 37.4 Å². The van der Waals surface area contributed by atoms with E-state index in [0.717, 1.165) is 23.1 Å². The van der Waals surface area contributed by atoms with E-state index in [9.17, 15) is 18.0 Å². The number of rotatable bonds is 19. The molecule has 0 radical (unpaired) electrons. The molecule has 3 aromatic rings. The summed E-state index contributed by atoms with van der Waals surface area (Å²) in [7, 11) is -1.74. The Balaban J connectivity index is 1.07. The van der Waals surface area contributed by atoms with E-state index in [1.807, 2.05) is 26.1 Å². The monoisotopic (exact) mass is 719 g/mol. The van der Waals surface area contributed by atoms with E-state index < -0.39 is 10.0 Å². The standard InChI is InChI=1S/C35H43Cl2N3O7S/c1-3-5-34(41)25-8-10-26(11-9-25)35(42)38-12-14-45-16-18-47-19-17-46-15-13-39-48(43,44)29-7-4-6-27(20-29)31-23-40(2)24-32-30(31)21-28(36)22-33(32)37/h4,6-11,20-22,31,39H,3,5,12-19,23-24H2,1-2H3,(H,38,42). The highest BCUT2D eigenvalue weighted by atomic mass is 35.5. The molecule has 48 heavy (non-hydrogen) atoms. The average molecular weight is 721 g/mol. The molecule has 0 spiro atoms. The SMILES string of the molecule is CCCC(=O)c1ccc(C(=O)NCCOCCOCCOCCNS(=O)(=O)c2cccc(C3CN(C)Cc4c(Cl)cc(Cl)cc43)c2)cc1. The largest absolute Gasteiger partial charge is 0.378 e. The van der Waals surface area contributed by atoms with Crippen molar-refractivity contribution in [3.05, 3.63) is 98.5 Å². The van der Waals surface area contributed by atoms with Crippen LogP contribution in [0.1, 0.15) is 63.1 Å². The highest BCUT2D eigenvalue weighted by molar-refractivity contribution is 7.89. The molecule has 1 aliphatic heterocycles. The highest BCUT2D eigenvalue weighted by Crippen LogP contribution is 2.38. The predicted molar refractivity (Wildman–Crippen MR) is 187 cm³/mol. The zero-order valence-electron chi connectivity index (χ0n) is 27.3. The number of fused-ring (bicyclic) bond motifs is 1. The molecule has 13 heteroatoms. The van der Waals surface area contributed by atoms with Gasteiger partial charge in [0.05, 0.1) is 44.5 Å². The van der Waals surface area contributed by atoms with Gasteiger partial charge in [0.25, 0.3) is 5.91 Å². The lowest BCUT2D eigenvalue weighted by Gasteiger charge is -2.33. The molecule has 260 valence electrons. The van der Waals surface area contributed by atoms with Crippen molar-refractivity contribution in [1.29, 1.82) is 0 Å². The molecule has 0 bridgehead atoms. The first kappa shape index (κ1) is 37.9. The minimum atomic E-state index is -3.75. The number of likely N-dealkylation sites (N-methyl/N-ethyl adjacent to an activating group) is 1. The number of carbonyl (C=O) groups excluding carboxylic acids is 2. The molecule has 0 aliphatic carbocycles. The molecule has 10 nitrogen and oxygen atoms in total. The molecule has 3 aromatic carbocycles. The van der Waals surface area contributed by atoms with Crippen LogP contribution >= 0.6 is 23.2 Å². The van der Waals surface area contributed by atoms with E-state index in [1.165, 1.54) is 0 Å². The number of halogens is 2. The third-order valence-electron chi connectivity index (χ3n) is 7.82. The van der Waals surface area contributed by atoms with Crippen LogP contribution in [0.2, 0.25) is 10.0 Å². The Kier molecular flexibility index (Phi) is 14.8. The molecule has 1 unspecified atom stereocenters. The Labute approximate surface area is 293 Å². The van der Waals surface area contributed by atoms with Gasteiger partial charge in [0, 0.05) is 59.7 Å². The number of nitrogens with zero attached hydrogens (tertiary/aromatic N) is 1. The molecule has 1 heterocycles. The minimum absolute atomic E-state index is 0.0704. The number of carbonyl (C=O) groups is 2. The molecule has 1 atom stereocenters. The van der Waals surface area contributed by atoms with Crippen LogP contribution in [0.4, 0.5) is 0 Å². The first-order valence-corrected chi connectivity index (χ1v) is 18.2. The first-order chi connectivity index (χ1) is 23.1. The number of Topliss-reactive ketones (excluding diaryl/α,β-unsaturated/α-hetero) is 1. The molecule has 1 aliphatic rings. The molecular weight excluding hydrogens is 677 g/mol. The fourth-order valence-corrected chi connectivity index (χ4v) is 7.06. The van der Waals surface area contributed by atoms with Gasteiger partial charge in [0.15, 0.2) is 5.78 Å². The Morgan fingerprint density at radius 1 is 0.875 bits per heavy atom. The lowest BCUT2D eigenvalue weighted by Crippen LogP contribution is -2.31. The van der Waals surface area contributed by atoms with Crippen molar-refractivity contribution < 1.29 is 32.2 Å². The van der Waals surface area contributed by atoms with Gasteiger partial charge in [-0.15, -0.1) is 0 Å². The summed E-state index contributed by atoms with van der Waals surface area (Å²) >= 11 is 12.8. The molecule has 4 rings (SSSR count). The molecule has 0 saturated carbocycles. The van der Waals surface area contributed by atoms with Crippen LogP contribution in [0.5, 0.6) is 0 Å². The number of benzene rings is 3. The van der Waals surface area contributed by atoms with Gasteiger partial charge in [-0.2, -0.15) is 0 Å². The maximum atomic E-state index is 13.0. The third-order valence-corrected chi connectivity index (χ3v) is 9.84. The van der Waals surface area contributed by atoms with Crippen LogP contribution in [0.25, 0.3) is 0 Å². The number of amides is 1. The Bertz CT molecular complexity index is 1640. The fraction of sp³-hybridized carbons (Fsp3) is 0.429. The van der Waals surface area contributed by atoms with E-state index in [1.54, 1.807) is 48.5 Å². The first-order valence-electron chi connectivity index (χ1n) is 16.0. The number of ether oxygens (including phenoxy) is 3. The molecule has 0 saturated heterocycles. The lowest BCUT2D eigenvalue weighted by molar-refractivity contribution is 0.0162. The maximum Gasteiger partial charge on any atom is 0.251 e. The Morgan fingerprint density at radius 3 is 2.21 bits per heavy atom. The normalized spacial score (nSPS) is 14.9. The second kappa shape index (κ2) is 18.8. The topological polar surface area (TPSA) is 123 Å². The number of nitrogens with one attached hydrogen (secondary N) is 2. The molecular formula is C35H43Cl2N3O7S. The Hall–Kier alpha value is -2.87. The van der Waals surface area contributed by atoms with Gasteiger partial charge >= 0.3 is 0 Å². The third kappa shape index (κ3) is 11.1. The summed E-state index contributed by atoms with van der Waals surface area (Å²) in [4.78, 5) is 26.5. The van der Waals surface area contributed by atoms with Gasteiger partial charge in [0.1, 0.15) is 0 Å². The Morgan fingerprint density at radius 2 is 1.52 bits per heavy atom. The zero-order chi connectivity index (χ0) is 34.5. The van der Waals surface area contributed by atoms with E-state index in [2.05, 4.69) is 14.9 Å². The van der Waals surface area contributed by atoms with Crippen molar-refractivity contribution in [2.24, 2.45) is 0 Å². The van der Waals surface area contributed by atoms with Crippen molar-refractivity contribution in [3.63, 3.8) is 0 Å². The molecule has 0 aromatic heterocycles. The van der Waals surface area contributed by atoms with Gasteiger partial charge in [-0.3, -0.25) is 9.59 Å². The van der Waals surface area contributed by atoms with Crippen LogP contribution in [0, 0.1) is 0 Å². The smallest absolute Gasteiger partial charge is 0.251 e. The summed E-state index contributed by atoms with van der Waals surface area (Å²) < 4.78 is 45.2. The summed E-state index contributed by atoms with van der Waals surface area (Å²) in [6.07, 6.45) is 1.27. The molecule has 0 fully saturated rings. The number of hydrogen-bond donors (Lipinski definition) is 2. The van der Waals surface area contributed by atoms with Crippen molar-refractivity contribution in [1.82, 2.24) is 14.9 Å². The van der Waals surface area contributed by atoms with Crippen molar-refractivity contribution in [2.45, 2.75) is 37.1 Å². The van der Waals surface area contributed by atoms with Crippen LogP contribution in [0.15, 0.2) is 65.6 Å². The van der Waals surface area contributed by atoms with Crippen LogP contribution in [0.3, 0.4) is 0 Å². The van der Waals surface area contributed by atoms with Crippen molar-refractivity contribution in [3.8, 4) is 0 Å². The lowest BCUT2D eigenvalue weighted by atomic mass is 9.85. The summed E-state index contributed by atoms with van der Waals surface area (Å²) in [6, 6.07) is 17.2. The van der Waals surface area contributed by atoms with Gasteiger partial charge in [-0.25, -0.2) is 13.1 Å². The second-order valence-corrected chi connectivity index (χ2v) is 14.1.